The Labute approximate surface area is 60.9 Å². The van der Waals surface area contributed by atoms with Gasteiger partial charge in [0, 0.05) is 6.54 Å². The molecule has 10 heavy (non-hydrogen) atoms. The Morgan fingerprint density at radius 2 is 2.60 bits per heavy atom. The van der Waals surface area contributed by atoms with Crippen molar-refractivity contribution in [3.05, 3.63) is 12.2 Å². The zero-order chi connectivity index (χ0) is 7.40. The van der Waals surface area contributed by atoms with E-state index >= 15 is 0 Å². The maximum absolute atomic E-state index is 9.01. The predicted molar refractivity (Wildman–Crippen MR) is 38.3 cm³/mol. The van der Waals surface area contributed by atoms with Crippen molar-refractivity contribution < 1.29 is 9.94 Å². The van der Waals surface area contributed by atoms with Crippen LogP contribution in [0.3, 0.4) is 0 Å². The minimum Gasteiger partial charge on any atom is -0.389 e. The summed E-state index contributed by atoms with van der Waals surface area (Å²) < 4.78 is 0. The summed E-state index contributed by atoms with van der Waals surface area (Å²) in [6.07, 6.45) is 3.66. The zero-order valence-corrected chi connectivity index (χ0v) is 6.16. The SMILES string of the molecule is C/C=C/CN1C[C@@H](O)CO1. The van der Waals surface area contributed by atoms with Crippen LogP contribution in [0, 0.1) is 0 Å². The molecule has 1 rings (SSSR count). The maximum Gasteiger partial charge on any atom is 0.0958 e. The number of aliphatic hydroxyl groups is 1. The number of aliphatic hydroxyl groups excluding tert-OH is 1. The Balaban J connectivity index is 2.18. The average molecular weight is 143 g/mol. The van der Waals surface area contributed by atoms with Gasteiger partial charge in [0.1, 0.15) is 0 Å². The number of hydroxylamine groups is 2. The van der Waals surface area contributed by atoms with Gasteiger partial charge in [0.15, 0.2) is 0 Å². The monoisotopic (exact) mass is 143 g/mol. The van der Waals surface area contributed by atoms with Gasteiger partial charge >= 0.3 is 0 Å². The van der Waals surface area contributed by atoms with Crippen molar-refractivity contribution in [2.24, 2.45) is 0 Å². The second kappa shape index (κ2) is 3.71. The Kier molecular flexibility index (Phi) is 2.86. The van der Waals surface area contributed by atoms with Crippen molar-refractivity contribution in [2.75, 3.05) is 19.7 Å². The van der Waals surface area contributed by atoms with Crippen LogP contribution in [-0.2, 0) is 4.84 Å². The molecular formula is C7H13NO2. The smallest absolute Gasteiger partial charge is 0.0958 e. The highest BCUT2D eigenvalue weighted by molar-refractivity contribution is 4.80. The summed E-state index contributed by atoms with van der Waals surface area (Å²) >= 11 is 0. The van der Waals surface area contributed by atoms with Gasteiger partial charge < -0.3 is 5.11 Å². The van der Waals surface area contributed by atoms with Crippen LogP contribution in [0.4, 0.5) is 0 Å². The molecule has 1 heterocycles. The number of hydrogen-bond donors (Lipinski definition) is 1. The molecule has 1 fully saturated rings. The van der Waals surface area contributed by atoms with E-state index in [1.807, 2.05) is 19.1 Å². The summed E-state index contributed by atoms with van der Waals surface area (Å²) in [7, 11) is 0. The maximum atomic E-state index is 9.01. The number of β-amino-alcohol motifs (C(OH)–C–C–N with tert-alkyl or cyclic N) is 1. The lowest BCUT2D eigenvalue weighted by Crippen LogP contribution is -2.20. The first kappa shape index (κ1) is 7.72. The van der Waals surface area contributed by atoms with Crippen molar-refractivity contribution >= 4 is 0 Å². The molecule has 1 atom stereocenters. The van der Waals surface area contributed by atoms with E-state index < -0.39 is 0 Å². The molecule has 3 nitrogen and oxygen atoms in total. The van der Waals surface area contributed by atoms with E-state index in [4.69, 9.17) is 9.94 Å². The normalized spacial score (nSPS) is 28.4. The molecule has 1 N–H and O–H groups in total. The van der Waals surface area contributed by atoms with Gasteiger partial charge in [0.2, 0.25) is 0 Å². The number of allylic oxidation sites excluding steroid dienone is 1. The lowest BCUT2D eigenvalue weighted by molar-refractivity contribution is -0.101. The largest absolute Gasteiger partial charge is 0.389 e. The topological polar surface area (TPSA) is 32.7 Å². The molecule has 0 radical (unpaired) electrons. The van der Waals surface area contributed by atoms with Crippen molar-refractivity contribution in [1.29, 1.82) is 0 Å². The van der Waals surface area contributed by atoms with E-state index in [1.165, 1.54) is 0 Å². The molecule has 0 aromatic heterocycles. The van der Waals surface area contributed by atoms with Crippen LogP contribution in [0.15, 0.2) is 12.2 Å². The second-order valence-corrected chi connectivity index (χ2v) is 2.37. The van der Waals surface area contributed by atoms with Crippen LogP contribution in [-0.4, -0.2) is 36.0 Å². The van der Waals surface area contributed by atoms with Crippen molar-refractivity contribution in [3.63, 3.8) is 0 Å². The van der Waals surface area contributed by atoms with Crippen LogP contribution in [0.1, 0.15) is 6.92 Å². The van der Waals surface area contributed by atoms with Crippen LogP contribution in [0.5, 0.6) is 0 Å². The molecule has 0 saturated carbocycles. The Morgan fingerprint density at radius 3 is 3.10 bits per heavy atom. The molecule has 0 aliphatic carbocycles. The van der Waals surface area contributed by atoms with Gasteiger partial charge in [-0.2, -0.15) is 5.06 Å². The highest BCUT2D eigenvalue weighted by Gasteiger charge is 2.19. The summed E-state index contributed by atoms with van der Waals surface area (Å²) in [4.78, 5) is 5.10. The van der Waals surface area contributed by atoms with Crippen LogP contribution in [0.2, 0.25) is 0 Å². The minimum absolute atomic E-state index is 0.301. The number of rotatable bonds is 2. The van der Waals surface area contributed by atoms with Gasteiger partial charge in [-0.15, -0.1) is 0 Å². The second-order valence-electron chi connectivity index (χ2n) is 2.37. The van der Waals surface area contributed by atoms with Crippen molar-refractivity contribution in [3.8, 4) is 0 Å². The minimum atomic E-state index is -0.301. The van der Waals surface area contributed by atoms with E-state index in [-0.39, 0.29) is 6.10 Å². The summed E-state index contributed by atoms with van der Waals surface area (Å²) in [6, 6.07) is 0. The Hall–Kier alpha value is -0.380. The highest BCUT2D eigenvalue weighted by atomic mass is 16.7. The third kappa shape index (κ3) is 2.10. The summed E-state index contributed by atoms with van der Waals surface area (Å²) in [5, 5.41) is 10.8. The molecule has 0 spiro atoms. The predicted octanol–water partition coefficient (Wildman–Crippen LogP) is 0.171. The number of hydrogen-bond acceptors (Lipinski definition) is 3. The van der Waals surface area contributed by atoms with E-state index in [1.54, 1.807) is 5.06 Å². The molecule has 0 aromatic rings. The molecule has 0 unspecified atom stereocenters. The fourth-order valence-electron chi connectivity index (χ4n) is 0.882. The van der Waals surface area contributed by atoms with Crippen molar-refractivity contribution in [2.45, 2.75) is 13.0 Å². The fourth-order valence-corrected chi connectivity index (χ4v) is 0.882. The molecular weight excluding hydrogens is 130 g/mol. The van der Waals surface area contributed by atoms with Crippen molar-refractivity contribution in [1.82, 2.24) is 5.06 Å². The molecule has 0 aromatic carbocycles. The first-order valence-electron chi connectivity index (χ1n) is 3.50. The Morgan fingerprint density at radius 1 is 1.80 bits per heavy atom. The average Bonchev–Trinajstić information content (AvgIpc) is 2.31. The first-order valence-corrected chi connectivity index (χ1v) is 3.50. The van der Waals surface area contributed by atoms with E-state index in [0.29, 0.717) is 13.2 Å². The first-order chi connectivity index (χ1) is 4.83. The van der Waals surface area contributed by atoms with E-state index in [0.717, 1.165) is 6.54 Å². The third-order valence-electron chi connectivity index (χ3n) is 1.41. The number of nitrogens with zero attached hydrogens (tertiary/aromatic N) is 1. The van der Waals surface area contributed by atoms with Gasteiger partial charge in [0.05, 0.1) is 19.3 Å². The quantitative estimate of drug-likeness (QED) is 0.559. The van der Waals surface area contributed by atoms with Gasteiger partial charge in [-0.25, -0.2) is 0 Å². The van der Waals surface area contributed by atoms with Gasteiger partial charge in [-0.05, 0) is 6.92 Å². The lowest BCUT2D eigenvalue weighted by Gasteiger charge is -2.08. The van der Waals surface area contributed by atoms with Crippen LogP contribution >= 0.6 is 0 Å². The van der Waals surface area contributed by atoms with Gasteiger partial charge in [0.25, 0.3) is 0 Å². The van der Waals surface area contributed by atoms with Crippen LogP contribution < -0.4 is 0 Å². The standard InChI is InChI=1S/C7H13NO2/c1-2-3-4-8-5-7(9)6-10-8/h2-3,7,9H,4-6H2,1H3/b3-2+/t7-/m1/s1. The van der Waals surface area contributed by atoms with Crippen LogP contribution in [0.25, 0.3) is 0 Å². The fraction of sp³-hybridized carbons (Fsp3) is 0.714. The molecule has 1 aliphatic rings. The highest BCUT2D eigenvalue weighted by Crippen LogP contribution is 2.03. The molecule has 58 valence electrons. The molecule has 3 heteroatoms. The summed E-state index contributed by atoms with van der Waals surface area (Å²) in [5.74, 6) is 0. The third-order valence-corrected chi connectivity index (χ3v) is 1.41. The lowest BCUT2D eigenvalue weighted by atomic mass is 10.4. The van der Waals surface area contributed by atoms with Gasteiger partial charge in [-0.3, -0.25) is 4.84 Å². The van der Waals surface area contributed by atoms with E-state index in [9.17, 15) is 0 Å². The Bertz CT molecular complexity index is 125. The van der Waals surface area contributed by atoms with E-state index in [2.05, 4.69) is 0 Å². The molecule has 1 aliphatic heterocycles. The summed E-state index contributed by atoms with van der Waals surface area (Å²) in [6.45, 7) is 3.81. The molecule has 0 bridgehead atoms. The zero-order valence-electron chi connectivity index (χ0n) is 6.16. The molecule has 1 saturated heterocycles. The molecule has 0 amide bonds. The van der Waals surface area contributed by atoms with Gasteiger partial charge in [-0.1, -0.05) is 12.2 Å². The summed E-state index contributed by atoms with van der Waals surface area (Å²) in [5.41, 5.74) is 0.